The fraction of sp³-hybridized carbons (Fsp3) is 0.833. The van der Waals surface area contributed by atoms with Crippen molar-refractivity contribution in [2.75, 3.05) is 0 Å². The van der Waals surface area contributed by atoms with E-state index in [1.807, 2.05) is 0 Å². The molecule has 13 heavy (non-hydrogen) atoms. The van der Waals surface area contributed by atoms with E-state index >= 15 is 0 Å². The summed E-state index contributed by atoms with van der Waals surface area (Å²) >= 11 is 0. The van der Waals surface area contributed by atoms with E-state index in [9.17, 15) is 0 Å². The summed E-state index contributed by atoms with van der Waals surface area (Å²) in [6.45, 7) is 0. The fourth-order valence-corrected chi connectivity index (χ4v) is 3.11. The Balaban J connectivity index is 1.54. The van der Waals surface area contributed by atoms with Crippen LogP contribution in [-0.4, -0.2) is 5.54 Å². The molecule has 0 spiro atoms. The standard InChI is InChI=1S/C12H19N/c13-12(5-6-12)4-3-11-8-9-1-2-10(11)7-9/h1-2,9-11H,3-8,13H2. The Morgan fingerprint density at radius 1 is 1.23 bits per heavy atom. The Bertz CT molecular complexity index is 240. The molecule has 3 aliphatic carbocycles. The number of nitrogens with two attached hydrogens (primary N) is 1. The first kappa shape index (κ1) is 8.05. The van der Waals surface area contributed by atoms with Gasteiger partial charge in [-0.1, -0.05) is 12.2 Å². The highest BCUT2D eigenvalue weighted by atomic mass is 14.8. The van der Waals surface area contributed by atoms with Gasteiger partial charge in [-0.15, -0.1) is 0 Å². The number of rotatable bonds is 3. The van der Waals surface area contributed by atoms with Crippen LogP contribution < -0.4 is 5.73 Å². The molecule has 2 bridgehead atoms. The first-order chi connectivity index (χ1) is 6.25. The van der Waals surface area contributed by atoms with Crippen LogP contribution in [0.2, 0.25) is 0 Å². The molecular formula is C12H19N. The minimum atomic E-state index is 0.283. The van der Waals surface area contributed by atoms with Crippen LogP contribution in [0.15, 0.2) is 12.2 Å². The largest absolute Gasteiger partial charge is 0.325 e. The lowest BCUT2D eigenvalue weighted by Crippen LogP contribution is -2.23. The Hall–Kier alpha value is -0.300. The van der Waals surface area contributed by atoms with Crippen molar-refractivity contribution < 1.29 is 0 Å². The van der Waals surface area contributed by atoms with Gasteiger partial charge in [0, 0.05) is 5.54 Å². The average Bonchev–Trinajstić information content (AvgIpc) is 2.63. The molecule has 3 unspecified atom stereocenters. The van der Waals surface area contributed by atoms with Gasteiger partial charge in [0.2, 0.25) is 0 Å². The molecule has 0 amide bonds. The van der Waals surface area contributed by atoms with E-state index in [2.05, 4.69) is 12.2 Å². The van der Waals surface area contributed by atoms with Gasteiger partial charge in [-0.3, -0.25) is 0 Å². The van der Waals surface area contributed by atoms with Gasteiger partial charge < -0.3 is 5.73 Å². The first-order valence-electron chi connectivity index (χ1n) is 5.72. The lowest BCUT2D eigenvalue weighted by molar-refractivity contribution is 0.380. The monoisotopic (exact) mass is 177 g/mol. The van der Waals surface area contributed by atoms with Gasteiger partial charge in [0.15, 0.2) is 0 Å². The number of allylic oxidation sites excluding steroid dienone is 2. The molecule has 0 aromatic rings. The summed E-state index contributed by atoms with van der Waals surface area (Å²) in [5.74, 6) is 2.84. The SMILES string of the molecule is NC1(CCC2CC3C=CC2C3)CC1. The highest BCUT2D eigenvalue weighted by Gasteiger charge is 2.41. The van der Waals surface area contributed by atoms with Gasteiger partial charge in [-0.2, -0.15) is 0 Å². The molecule has 1 nitrogen and oxygen atoms in total. The highest BCUT2D eigenvalue weighted by Crippen LogP contribution is 2.47. The third-order valence-corrected chi connectivity index (χ3v) is 4.32. The van der Waals surface area contributed by atoms with E-state index in [4.69, 9.17) is 5.73 Å². The molecule has 2 saturated carbocycles. The molecule has 72 valence electrons. The molecule has 3 rings (SSSR count). The minimum Gasteiger partial charge on any atom is -0.325 e. The Labute approximate surface area is 80.4 Å². The number of hydrogen-bond acceptors (Lipinski definition) is 1. The van der Waals surface area contributed by atoms with Crippen LogP contribution >= 0.6 is 0 Å². The average molecular weight is 177 g/mol. The zero-order valence-electron chi connectivity index (χ0n) is 8.21. The highest BCUT2D eigenvalue weighted by molar-refractivity contribution is 5.10. The molecular weight excluding hydrogens is 158 g/mol. The summed E-state index contributed by atoms with van der Waals surface area (Å²) in [5, 5.41) is 0. The van der Waals surface area contributed by atoms with E-state index in [0.717, 1.165) is 17.8 Å². The Morgan fingerprint density at radius 3 is 2.62 bits per heavy atom. The van der Waals surface area contributed by atoms with E-state index in [-0.39, 0.29) is 5.54 Å². The Morgan fingerprint density at radius 2 is 2.08 bits per heavy atom. The topological polar surface area (TPSA) is 26.0 Å². The first-order valence-corrected chi connectivity index (χ1v) is 5.72. The van der Waals surface area contributed by atoms with Gasteiger partial charge in [-0.25, -0.2) is 0 Å². The van der Waals surface area contributed by atoms with Crippen LogP contribution in [0.25, 0.3) is 0 Å². The van der Waals surface area contributed by atoms with E-state index in [0.29, 0.717) is 0 Å². The number of hydrogen-bond donors (Lipinski definition) is 1. The smallest absolute Gasteiger partial charge is 0.0155 e. The third kappa shape index (κ3) is 1.43. The van der Waals surface area contributed by atoms with E-state index in [1.165, 1.54) is 38.5 Å². The Kier molecular flexibility index (Phi) is 1.61. The van der Waals surface area contributed by atoms with Crippen LogP contribution in [0.5, 0.6) is 0 Å². The molecule has 3 atom stereocenters. The maximum absolute atomic E-state index is 6.10. The van der Waals surface area contributed by atoms with Crippen molar-refractivity contribution in [3.05, 3.63) is 12.2 Å². The zero-order valence-corrected chi connectivity index (χ0v) is 8.21. The van der Waals surface area contributed by atoms with Crippen LogP contribution in [0.4, 0.5) is 0 Å². The fourth-order valence-electron chi connectivity index (χ4n) is 3.11. The zero-order chi connectivity index (χ0) is 8.89. The molecule has 0 radical (unpaired) electrons. The van der Waals surface area contributed by atoms with Crippen molar-refractivity contribution in [2.45, 2.75) is 44.1 Å². The molecule has 2 fully saturated rings. The van der Waals surface area contributed by atoms with Crippen LogP contribution in [-0.2, 0) is 0 Å². The van der Waals surface area contributed by atoms with E-state index in [1.54, 1.807) is 0 Å². The molecule has 0 aromatic heterocycles. The summed E-state index contributed by atoms with van der Waals surface area (Å²) in [6, 6.07) is 0. The van der Waals surface area contributed by atoms with E-state index < -0.39 is 0 Å². The van der Waals surface area contributed by atoms with Gasteiger partial charge in [0.05, 0.1) is 0 Å². The maximum atomic E-state index is 6.10. The maximum Gasteiger partial charge on any atom is 0.0155 e. The van der Waals surface area contributed by atoms with Crippen LogP contribution in [0, 0.1) is 17.8 Å². The van der Waals surface area contributed by atoms with Crippen molar-refractivity contribution in [1.82, 2.24) is 0 Å². The predicted octanol–water partition coefficient (Wildman–Crippen LogP) is 2.47. The molecule has 1 heteroatoms. The molecule has 0 aromatic carbocycles. The lowest BCUT2D eigenvalue weighted by Gasteiger charge is -2.19. The minimum absolute atomic E-state index is 0.283. The van der Waals surface area contributed by atoms with Crippen molar-refractivity contribution in [2.24, 2.45) is 23.5 Å². The summed E-state index contributed by atoms with van der Waals surface area (Å²) in [7, 11) is 0. The molecule has 0 heterocycles. The van der Waals surface area contributed by atoms with Crippen LogP contribution in [0.3, 0.4) is 0 Å². The van der Waals surface area contributed by atoms with Gasteiger partial charge >= 0.3 is 0 Å². The summed E-state index contributed by atoms with van der Waals surface area (Å²) in [5.41, 5.74) is 6.39. The second-order valence-corrected chi connectivity index (χ2v) is 5.44. The van der Waals surface area contributed by atoms with Gasteiger partial charge in [0.1, 0.15) is 0 Å². The lowest BCUT2D eigenvalue weighted by atomic mass is 9.88. The van der Waals surface area contributed by atoms with Crippen molar-refractivity contribution >= 4 is 0 Å². The molecule has 3 aliphatic rings. The number of fused-ring (bicyclic) bond motifs is 2. The third-order valence-electron chi connectivity index (χ3n) is 4.32. The predicted molar refractivity (Wildman–Crippen MR) is 54.2 cm³/mol. The quantitative estimate of drug-likeness (QED) is 0.658. The second-order valence-electron chi connectivity index (χ2n) is 5.44. The summed E-state index contributed by atoms with van der Waals surface area (Å²) in [6.07, 6.45) is 13.0. The van der Waals surface area contributed by atoms with Gasteiger partial charge in [0.25, 0.3) is 0 Å². The van der Waals surface area contributed by atoms with Crippen molar-refractivity contribution in [3.8, 4) is 0 Å². The molecule has 0 saturated heterocycles. The summed E-state index contributed by atoms with van der Waals surface area (Å²) in [4.78, 5) is 0. The molecule has 0 aliphatic heterocycles. The van der Waals surface area contributed by atoms with Crippen molar-refractivity contribution in [3.63, 3.8) is 0 Å². The second kappa shape index (κ2) is 2.60. The molecule has 2 N–H and O–H groups in total. The normalized spacial score (nSPS) is 44.2. The van der Waals surface area contributed by atoms with Crippen molar-refractivity contribution in [1.29, 1.82) is 0 Å². The summed E-state index contributed by atoms with van der Waals surface area (Å²) < 4.78 is 0. The van der Waals surface area contributed by atoms with Crippen LogP contribution in [0.1, 0.15) is 38.5 Å². The van der Waals surface area contributed by atoms with Gasteiger partial charge in [-0.05, 0) is 56.3 Å².